The maximum atomic E-state index is 12.9. The van der Waals surface area contributed by atoms with E-state index in [0.717, 1.165) is 31.5 Å². The van der Waals surface area contributed by atoms with Gasteiger partial charge in [0.15, 0.2) is 11.7 Å². The van der Waals surface area contributed by atoms with Crippen molar-refractivity contribution in [2.24, 2.45) is 5.92 Å². The van der Waals surface area contributed by atoms with Gasteiger partial charge in [0, 0.05) is 31.5 Å². The van der Waals surface area contributed by atoms with Crippen LogP contribution < -0.4 is 0 Å². The molecule has 1 fully saturated rings. The number of benzene rings is 1. The van der Waals surface area contributed by atoms with Crippen molar-refractivity contribution in [3.8, 4) is 11.3 Å². The van der Waals surface area contributed by atoms with Crippen LogP contribution in [0.25, 0.3) is 11.3 Å². The number of rotatable bonds is 4. The zero-order valence-electron chi connectivity index (χ0n) is 13.3. The van der Waals surface area contributed by atoms with Crippen molar-refractivity contribution in [1.29, 1.82) is 0 Å². The second kappa shape index (κ2) is 6.94. The smallest absolute Gasteiger partial charge is 0.223 e. The highest BCUT2D eigenvalue weighted by Crippen LogP contribution is 2.22. The highest BCUT2D eigenvalue weighted by Gasteiger charge is 2.20. The van der Waals surface area contributed by atoms with Crippen LogP contribution in [0.3, 0.4) is 0 Å². The van der Waals surface area contributed by atoms with E-state index in [1.165, 1.54) is 12.1 Å². The summed E-state index contributed by atoms with van der Waals surface area (Å²) in [6.45, 7) is 3.93. The third-order valence-corrected chi connectivity index (χ3v) is 4.37. The van der Waals surface area contributed by atoms with Crippen molar-refractivity contribution in [3.05, 3.63) is 42.2 Å². The molecule has 1 amide bonds. The van der Waals surface area contributed by atoms with Crippen LogP contribution in [0.5, 0.6) is 0 Å². The van der Waals surface area contributed by atoms with E-state index in [1.54, 1.807) is 18.3 Å². The lowest BCUT2D eigenvalue weighted by atomic mass is 9.99. The van der Waals surface area contributed by atoms with Gasteiger partial charge in [0.25, 0.3) is 0 Å². The van der Waals surface area contributed by atoms with Gasteiger partial charge in [-0.15, -0.1) is 0 Å². The van der Waals surface area contributed by atoms with Crippen molar-refractivity contribution in [2.45, 2.75) is 32.6 Å². The molecule has 23 heavy (non-hydrogen) atoms. The van der Waals surface area contributed by atoms with Gasteiger partial charge >= 0.3 is 0 Å². The van der Waals surface area contributed by atoms with Gasteiger partial charge < -0.3 is 9.32 Å². The molecule has 0 atom stereocenters. The van der Waals surface area contributed by atoms with Crippen molar-refractivity contribution in [3.63, 3.8) is 0 Å². The normalized spacial score (nSPS) is 15.8. The van der Waals surface area contributed by atoms with Gasteiger partial charge in [-0.05, 0) is 43.0 Å². The van der Waals surface area contributed by atoms with Gasteiger partial charge in [-0.2, -0.15) is 0 Å². The topological polar surface area (TPSA) is 46.3 Å². The first-order valence-corrected chi connectivity index (χ1v) is 8.10. The molecular weight excluding hydrogens is 295 g/mol. The Labute approximate surface area is 135 Å². The van der Waals surface area contributed by atoms with Crippen LogP contribution in [-0.2, 0) is 11.2 Å². The first-order valence-electron chi connectivity index (χ1n) is 8.10. The summed E-state index contributed by atoms with van der Waals surface area (Å²) < 4.78 is 18.6. The number of likely N-dealkylation sites (tertiary alicyclic amines) is 1. The molecule has 1 aliphatic heterocycles. The van der Waals surface area contributed by atoms with Crippen LogP contribution in [0.1, 0.15) is 32.1 Å². The SMILES string of the molecule is CC1CCN(C(=O)CCc2ncc(-c3ccc(F)cc3)o2)CC1. The molecule has 0 spiro atoms. The minimum atomic E-state index is -0.282. The molecule has 0 unspecified atom stereocenters. The van der Waals surface area contributed by atoms with Gasteiger partial charge in [0.2, 0.25) is 5.91 Å². The molecule has 2 heterocycles. The second-order valence-corrected chi connectivity index (χ2v) is 6.19. The summed E-state index contributed by atoms with van der Waals surface area (Å²) >= 11 is 0. The number of aryl methyl sites for hydroxylation is 1. The zero-order valence-corrected chi connectivity index (χ0v) is 13.3. The zero-order chi connectivity index (χ0) is 16.2. The van der Waals surface area contributed by atoms with E-state index in [0.29, 0.717) is 30.4 Å². The first-order chi connectivity index (χ1) is 11.1. The van der Waals surface area contributed by atoms with Crippen LogP contribution in [0.4, 0.5) is 4.39 Å². The second-order valence-electron chi connectivity index (χ2n) is 6.19. The lowest BCUT2D eigenvalue weighted by molar-refractivity contribution is -0.132. The Morgan fingerprint density at radius 3 is 2.70 bits per heavy atom. The molecule has 1 saturated heterocycles. The number of amides is 1. The van der Waals surface area contributed by atoms with E-state index < -0.39 is 0 Å². The molecule has 5 heteroatoms. The Kier molecular flexibility index (Phi) is 4.74. The highest BCUT2D eigenvalue weighted by atomic mass is 19.1. The molecule has 0 bridgehead atoms. The molecule has 1 aromatic heterocycles. The standard InChI is InChI=1S/C18H21FN2O2/c1-13-8-10-21(11-9-13)18(22)7-6-17-20-12-16(23-17)14-2-4-15(19)5-3-14/h2-5,12-13H,6-11H2,1H3. The van der Waals surface area contributed by atoms with Gasteiger partial charge in [0.05, 0.1) is 6.20 Å². The van der Waals surface area contributed by atoms with Gasteiger partial charge in [0.1, 0.15) is 5.82 Å². The Morgan fingerprint density at radius 1 is 1.30 bits per heavy atom. The van der Waals surface area contributed by atoms with Crippen LogP contribution in [0.15, 0.2) is 34.9 Å². The molecule has 2 aromatic rings. The molecule has 0 N–H and O–H groups in total. The van der Waals surface area contributed by atoms with Gasteiger partial charge in [-0.1, -0.05) is 6.92 Å². The number of aromatic nitrogens is 1. The van der Waals surface area contributed by atoms with Gasteiger partial charge in [-0.25, -0.2) is 9.37 Å². The Hall–Kier alpha value is -2.17. The van der Waals surface area contributed by atoms with Crippen molar-refractivity contribution >= 4 is 5.91 Å². The Balaban J connectivity index is 1.55. The van der Waals surface area contributed by atoms with Crippen molar-refractivity contribution in [1.82, 2.24) is 9.88 Å². The van der Waals surface area contributed by atoms with Crippen LogP contribution in [-0.4, -0.2) is 28.9 Å². The average molecular weight is 316 g/mol. The minimum Gasteiger partial charge on any atom is -0.441 e. The molecular formula is C18H21FN2O2. The average Bonchev–Trinajstić information content (AvgIpc) is 3.03. The number of oxazole rings is 1. The third kappa shape index (κ3) is 3.97. The van der Waals surface area contributed by atoms with Crippen LogP contribution in [0.2, 0.25) is 0 Å². The largest absolute Gasteiger partial charge is 0.441 e. The predicted octanol–water partition coefficient (Wildman–Crippen LogP) is 3.67. The van der Waals surface area contributed by atoms with Gasteiger partial charge in [-0.3, -0.25) is 4.79 Å². The van der Waals surface area contributed by atoms with Crippen LogP contribution in [0, 0.1) is 11.7 Å². The molecule has 1 aromatic carbocycles. The molecule has 1 aliphatic rings. The number of hydrogen-bond donors (Lipinski definition) is 0. The fourth-order valence-electron chi connectivity index (χ4n) is 2.80. The fourth-order valence-corrected chi connectivity index (χ4v) is 2.80. The summed E-state index contributed by atoms with van der Waals surface area (Å²) in [6.07, 6.45) is 4.69. The summed E-state index contributed by atoms with van der Waals surface area (Å²) in [5.41, 5.74) is 0.779. The first kappa shape index (κ1) is 15.7. The molecule has 122 valence electrons. The van der Waals surface area contributed by atoms with Crippen LogP contribution >= 0.6 is 0 Å². The quantitative estimate of drug-likeness (QED) is 0.864. The predicted molar refractivity (Wildman–Crippen MR) is 85.2 cm³/mol. The molecule has 0 radical (unpaired) electrons. The lowest BCUT2D eigenvalue weighted by Gasteiger charge is -2.30. The Bertz CT molecular complexity index is 658. The Morgan fingerprint density at radius 2 is 2.00 bits per heavy atom. The number of nitrogens with zero attached hydrogens (tertiary/aromatic N) is 2. The molecule has 0 aliphatic carbocycles. The van der Waals surface area contributed by atoms with E-state index in [4.69, 9.17) is 4.42 Å². The fraction of sp³-hybridized carbons (Fsp3) is 0.444. The van der Waals surface area contributed by atoms with E-state index in [9.17, 15) is 9.18 Å². The lowest BCUT2D eigenvalue weighted by Crippen LogP contribution is -2.38. The third-order valence-electron chi connectivity index (χ3n) is 4.37. The maximum Gasteiger partial charge on any atom is 0.223 e. The molecule has 3 rings (SSSR count). The number of piperidine rings is 1. The monoisotopic (exact) mass is 316 g/mol. The van der Waals surface area contributed by atoms with E-state index in [1.807, 2.05) is 4.90 Å². The van der Waals surface area contributed by atoms with Crippen molar-refractivity contribution < 1.29 is 13.6 Å². The number of carbonyl (C=O) groups excluding carboxylic acids is 1. The van der Waals surface area contributed by atoms with E-state index in [-0.39, 0.29) is 11.7 Å². The summed E-state index contributed by atoms with van der Waals surface area (Å²) in [7, 11) is 0. The molecule has 4 nitrogen and oxygen atoms in total. The minimum absolute atomic E-state index is 0.165. The number of hydrogen-bond acceptors (Lipinski definition) is 3. The number of halogens is 1. The highest BCUT2D eigenvalue weighted by molar-refractivity contribution is 5.76. The van der Waals surface area contributed by atoms with E-state index >= 15 is 0 Å². The van der Waals surface area contributed by atoms with Crippen molar-refractivity contribution in [2.75, 3.05) is 13.1 Å². The summed E-state index contributed by atoms with van der Waals surface area (Å²) in [6, 6.07) is 6.08. The summed E-state index contributed by atoms with van der Waals surface area (Å²) in [4.78, 5) is 18.4. The molecule has 0 saturated carbocycles. The summed E-state index contributed by atoms with van der Waals surface area (Å²) in [5, 5.41) is 0. The summed E-state index contributed by atoms with van der Waals surface area (Å²) in [5.74, 6) is 1.74. The number of carbonyl (C=O) groups is 1. The maximum absolute atomic E-state index is 12.9. The van der Waals surface area contributed by atoms with E-state index in [2.05, 4.69) is 11.9 Å².